The molecule has 0 fully saturated rings. The van der Waals surface area contributed by atoms with Crippen molar-refractivity contribution < 1.29 is 24.3 Å². The second-order valence-corrected chi connectivity index (χ2v) is 3.33. The number of hydrogen-bond donors (Lipinski definition) is 4. The summed E-state index contributed by atoms with van der Waals surface area (Å²) in [6.45, 7) is 3.89. The predicted octanol–water partition coefficient (Wildman–Crippen LogP) is 0.0728. The SMILES string of the molecule is CC(C)C[C@H](N)C(=O)O.O=[P+](O)O. The largest absolute Gasteiger partial charge is 0.692 e. The molecular weight excluding hydrogens is 197 g/mol. The summed E-state index contributed by atoms with van der Waals surface area (Å²) in [6.07, 6.45) is 0.551. The molecule has 0 heterocycles. The van der Waals surface area contributed by atoms with Crippen molar-refractivity contribution in [2.45, 2.75) is 26.3 Å². The van der Waals surface area contributed by atoms with Crippen molar-refractivity contribution in [1.82, 2.24) is 0 Å². The van der Waals surface area contributed by atoms with Crippen LogP contribution in [0.15, 0.2) is 0 Å². The fourth-order valence-electron chi connectivity index (χ4n) is 0.609. The van der Waals surface area contributed by atoms with E-state index in [4.69, 9.17) is 25.2 Å². The Morgan fingerprint density at radius 3 is 1.85 bits per heavy atom. The first-order valence-electron chi connectivity index (χ1n) is 3.60. The van der Waals surface area contributed by atoms with Crippen molar-refractivity contribution in [2.75, 3.05) is 0 Å². The summed E-state index contributed by atoms with van der Waals surface area (Å²) >= 11 is 0. The molecule has 0 saturated carbocycles. The third kappa shape index (κ3) is 18.4. The van der Waals surface area contributed by atoms with Gasteiger partial charge >= 0.3 is 14.2 Å². The number of carboxylic acid groups (broad SMARTS) is 1. The third-order valence-corrected chi connectivity index (χ3v) is 1.04. The Hall–Kier alpha value is -0.550. The Morgan fingerprint density at radius 2 is 1.77 bits per heavy atom. The lowest BCUT2D eigenvalue weighted by atomic mass is 10.1. The van der Waals surface area contributed by atoms with Crippen molar-refractivity contribution in [3.8, 4) is 0 Å². The van der Waals surface area contributed by atoms with Crippen LogP contribution < -0.4 is 5.73 Å². The number of hydrogen-bond acceptors (Lipinski definition) is 3. The maximum atomic E-state index is 10.1. The highest BCUT2D eigenvalue weighted by molar-refractivity contribution is 7.30. The molecule has 0 aliphatic heterocycles. The number of carbonyl (C=O) groups is 1. The van der Waals surface area contributed by atoms with Crippen LogP contribution >= 0.6 is 8.25 Å². The summed E-state index contributed by atoms with van der Waals surface area (Å²) in [5, 5.41) is 8.31. The summed E-state index contributed by atoms with van der Waals surface area (Å²) in [7, 11) is -2.87. The molecule has 0 aliphatic rings. The van der Waals surface area contributed by atoms with Crippen LogP contribution in [0.4, 0.5) is 0 Å². The zero-order chi connectivity index (χ0) is 11.0. The number of aliphatic carboxylic acids is 1. The van der Waals surface area contributed by atoms with E-state index in [9.17, 15) is 4.79 Å². The Bertz CT molecular complexity index is 168. The van der Waals surface area contributed by atoms with Crippen LogP contribution in [0.25, 0.3) is 0 Å². The number of rotatable bonds is 3. The van der Waals surface area contributed by atoms with Gasteiger partial charge in [0.2, 0.25) is 0 Å². The average Bonchev–Trinajstić information content (AvgIpc) is 1.83. The second-order valence-electron chi connectivity index (χ2n) is 2.83. The van der Waals surface area contributed by atoms with E-state index in [-0.39, 0.29) is 0 Å². The minimum Gasteiger partial charge on any atom is -0.480 e. The summed E-state index contributed by atoms with van der Waals surface area (Å²) in [4.78, 5) is 24.4. The highest BCUT2D eigenvalue weighted by Gasteiger charge is 2.11. The van der Waals surface area contributed by atoms with Crippen molar-refractivity contribution in [3.63, 3.8) is 0 Å². The topological polar surface area (TPSA) is 121 Å². The maximum Gasteiger partial charge on any atom is 0.692 e. The molecule has 0 aliphatic carbocycles. The first kappa shape index (κ1) is 14.9. The van der Waals surface area contributed by atoms with Crippen LogP contribution in [0.1, 0.15) is 20.3 Å². The average molecular weight is 212 g/mol. The van der Waals surface area contributed by atoms with E-state index in [0.29, 0.717) is 12.3 Å². The van der Waals surface area contributed by atoms with Gasteiger partial charge in [0, 0.05) is 4.57 Å². The van der Waals surface area contributed by atoms with E-state index >= 15 is 0 Å². The van der Waals surface area contributed by atoms with Gasteiger partial charge in [-0.05, 0) is 12.3 Å². The highest BCUT2D eigenvalue weighted by atomic mass is 31.1. The molecule has 0 aromatic rings. The molecule has 0 rings (SSSR count). The molecule has 78 valence electrons. The van der Waals surface area contributed by atoms with Gasteiger partial charge in [0.25, 0.3) is 0 Å². The molecule has 6 nitrogen and oxygen atoms in total. The Labute approximate surface area is 77.3 Å². The fraction of sp³-hybridized carbons (Fsp3) is 0.833. The monoisotopic (exact) mass is 212 g/mol. The van der Waals surface area contributed by atoms with Crippen LogP contribution in [0.3, 0.4) is 0 Å². The van der Waals surface area contributed by atoms with Gasteiger partial charge in [0.1, 0.15) is 6.04 Å². The van der Waals surface area contributed by atoms with Gasteiger partial charge < -0.3 is 10.8 Å². The quantitative estimate of drug-likeness (QED) is 0.491. The summed E-state index contributed by atoms with van der Waals surface area (Å²) in [6, 6.07) is -0.690. The van der Waals surface area contributed by atoms with Crippen LogP contribution in [-0.2, 0) is 9.36 Å². The van der Waals surface area contributed by atoms with E-state index in [1.807, 2.05) is 13.8 Å². The first-order valence-corrected chi connectivity index (χ1v) is 4.77. The highest BCUT2D eigenvalue weighted by Crippen LogP contribution is 2.01. The Morgan fingerprint density at radius 1 is 1.46 bits per heavy atom. The molecule has 0 spiro atoms. The van der Waals surface area contributed by atoms with Crippen LogP contribution in [0, 0.1) is 5.92 Å². The summed E-state index contributed by atoms with van der Waals surface area (Å²) < 4.78 is 8.70. The van der Waals surface area contributed by atoms with Crippen molar-refractivity contribution >= 4 is 14.2 Å². The Balaban J connectivity index is 0. The van der Waals surface area contributed by atoms with Gasteiger partial charge in [-0.3, -0.25) is 4.79 Å². The fourth-order valence-corrected chi connectivity index (χ4v) is 0.609. The lowest BCUT2D eigenvalue weighted by Gasteiger charge is -2.07. The van der Waals surface area contributed by atoms with Crippen molar-refractivity contribution in [2.24, 2.45) is 11.7 Å². The van der Waals surface area contributed by atoms with E-state index in [1.54, 1.807) is 0 Å². The zero-order valence-electron chi connectivity index (χ0n) is 7.54. The van der Waals surface area contributed by atoms with Gasteiger partial charge in [-0.2, -0.15) is 0 Å². The number of carboxylic acids is 1. The Kier molecular flexibility index (Phi) is 9.27. The third-order valence-electron chi connectivity index (χ3n) is 1.04. The minimum atomic E-state index is -2.87. The molecule has 5 N–H and O–H groups in total. The van der Waals surface area contributed by atoms with E-state index < -0.39 is 20.3 Å². The van der Waals surface area contributed by atoms with Gasteiger partial charge in [-0.25, -0.2) is 0 Å². The smallest absolute Gasteiger partial charge is 0.480 e. The molecule has 0 aromatic heterocycles. The summed E-state index contributed by atoms with van der Waals surface area (Å²) in [5.41, 5.74) is 5.22. The lowest BCUT2D eigenvalue weighted by Crippen LogP contribution is -2.31. The number of nitrogens with two attached hydrogens (primary N) is 1. The molecule has 0 aromatic carbocycles. The van der Waals surface area contributed by atoms with Gasteiger partial charge in [-0.1, -0.05) is 13.8 Å². The van der Waals surface area contributed by atoms with Gasteiger partial charge in [0.05, 0.1) is 0 Å². The zero-order valence-corrected chi connectivity index (χ0v) is 8.44. The van der Waals surface area contributed by atoms with Crippen molar-refractivity contribution in [3.05, 3.63) is 0 Å². The molecule has 13 heavy (non-hydrogen) atoms. The molecule has 0 amide bonds. The van der Waals surface area contributed by atoms with Crippen LogP contribution in [-0.4, -0.2) is 26.9 Å². The normalized spacial score (nSPS) is 11.5. The molecule has 0 bridgehead atoms. The van der Waals surface area contributed by atoms with Gasteiger partial charge in [-0.15, -0.1) is 9.79 Å². The molecule has 1 atom stereocenters. The molecular formula is C6H15NO5P+. The second kappa shape index (κ2) is 8.07. The van der Waals surface area contributed by atoms with Crippen molar-refractivity contribution in [1.29, 1.82) is 0 Å². The molecule has 0 radical (unpaired) electrons. The molecule has 0 saturated heterocycles. The molecule has 0 unspecified atom stereocenters. The van der Waals surface area contributed by atoms with E-state index in [2.05, 4.69) is 0 Å². The van der Waals surface area contributed by atoms with Crippen LogP contribution in [0.5, 0.6) is 0 Å². The molecule has 7 heteroatoms. The predicted molar refractivity (Wildman–Crippen MR) is 47.1 cm³/mol. The minimum absolute atomic E-state index is 0.357. The van der Waals surface area contributed by atoms with Crippen LogP contribution in [0.2, 0.25) is 0 Å². The van der Waals surface area contributed by atoms with E-state index in [0.717, 1.165) is 0 Å². The first-order chi connectivity index (χ1) is 5.77. The van der Waals surface area contributed by atoms with E-state index in [1.165, 1.54) is 0 Å². The lowest BCUT2D eigenvalue weighted by molar-refractivity contribution is -0.138. The summed E-state index contributed by atoms with van der Waals surface area (Å²) in [5.74, 6) is -0.556. The maximum absolute atomic E-state index is 10.1. The van der Waals surface area contributed by atoms with Gasteiger partial charge in [0.15, 0.2) is 0 Å². The standard InChI is InChI=1S/C6H13NO2.HO3P/c1-4(2)3-5(7)6(8)9;1-4(2)3/h4-5H,3,7H2,1-2H3,(H,8,9);(H-,1,2,3)/p+1/t5-;/m0./s1.